The zero-order valence-electron chi connectivity index (χ0n) is 21.4. The number of benzene rings is 1. The number of hydrogen-bond donors (Lipinski definition) is 1. The monoisotopic (exact) mass is 491 g/mol. The first-order valence-corrected chi connectivity index (χ1v) is 12.2. The standard InChI is InChI=1S/C27H33N5O4/c1-6-30(17-25(33)29-22-8-9-23-24(16-22)36-14-13-35-23)27(34)10-7-21-15-19(4)31(20(21)5)26-11-12-28-32(26)18(2)3/h7-12,15-16,18H,6,13-14,17H2,1-5H3,(H,29,33)/b10-7+. The number of rotatable bonds is 8. The van der Waals surface area contributed by atoms with E-state index in [1.165, 1.54) is 11.0 Å². The van der Waals surface area contributed by atoms with Crippen LogP contribution in [0.4, 0.5) is 5.69 Å². The summed E-state index contributed by atoms with van der Waals surface area (Å²) in [6, 6.07) is 9.50. The predicted octanol–water partition coefficient (Wildman–Crippen LogP) is 4.14. The normalized spacial score (nSPS) is 12.8. The molecule has 0 bridgehead atoms. The van der Waals surface area contributed by atoms with Crippen molar-refractivity contribution in [2.45, 2.75) is 40.7 Å². The van der Waals surface area contributed by atoms with Crippen molar-refractivity contribution in [2.24, 2.45) is 0 Å². The third-order valence-corrected chi connectivity index (χ3v) is 6.10. The summed E-state index contributed by atoms with van der Waals surface area (Å²) in [5.74, 6) is 1.72. The van der Waals surface area contributed by atoms with E-state index in [2.05, 4.69) is 28.8 Å². The molecule has 0 saturated carbocycles. The van der Waals surface area contributed by atoms with Crippen molar-refractivity contribution >= 4 is 23.6 Å². The molecule has 3 heterocycles. The average Bonchev–Trinajstić information content (AvgIpc) is 3.44. The number of aromatic nitrogens is 3. The van der Waals surface area contributed by atoms with E-state index in [9.17, 15) is 9.59 Å². The number of carbonyl (C=O) groups is 2. The van der Waals surface area contributed by atoms with Gasteiger partial charge in [-0.25, -0.2) is 4.68 Å². The van der Waals surface area contributed by atoms with E-state index < -0.39 is 0 Å². The van der Waals surface area contributed by atoms with Crippen LogP contribution in [0.15, 0.2) is 42.6 Å². The second kappa shape index (κ2) is 10.7. The van der Waals surface area contributed by atoms with Gasteiger partial charge in [0.2, 0.25) is 11.8 Å². The highest BCUT2D eigenvalue weighted by Crippen LogP contribution is 2.32. The van der Waals surface area contributed by atoms with Crippen LogP contribution >= 0.6 is 0 Å². The molecule has 0 radical (unpaired) electrons. The first-order chi connectivity index (χ1) is 17.3. The summed E-state index contributed by atoms with van der Waals surface area (Å²) in [5, 5.41) is 7.27. The molecule has 0 fully saturated rings. The molecule has 2 amide bonds. The Labute approximate surface area is 211 Å². The molecule has 1 N–H and O–H groups in total. The highest BCUT2D eigenvalue weighted by molar-refractivity contribution is 5.98. The van der Waals surface area contributed by atoms with E-state index in [1.807, 2.05) is 37.6 Å². The number of ether oxygens (including phenoxy) is 2. The Morgan fingerprint density at radius 1 is 1.14 bits per heavy atom. The molecule has 0 aliphatic carbocycles. The van der Waals surface area contributed by atoms with Crippen molar-refractivity contribution in [3.8, 4) is 17.3 Å². The average molecular weight is 492 g/mol. The maximum atomic E-state index is 12.9. The fraction of sp³-hybridized carbons (Fsp3) is 0.370. The van der Waals surface area contributed by atoms with Gasteiger partial charge in [0.15, 0.2) is 11.5 Å². The second-order valence-corrected chi connectivity index (χ2v) is 8.98. The van der Waals surface area contributed by atoms with Crippen molar-refractivity contribution in [3.05, 3.63) is 59.6 Å². The van der Waals surface area contributed by atoms with Crippen LogP contribution in [0, 0.1) is 13.8 Å². The molecule has 1 aliphatic rings. The Morgan fingerprint density at radius 3 is 2.61 bits per heavy atom. The van der Waals surface area contributed by atoms with E-state index in [-0.39, 0.29) is 24.4 Å². The van der Waals surface area contributed by atoms with Gasteiger partial charge in [0.25, 0.3) is 0 Å². The van der Waals surface area contributed by atoms with Gasteiger partial charge in [-0.2, -0.15) is 5.10 Å². The Hall–Kier alpha value is -4.01. The van der Waals surface area contributed by atoms with Gasteiger partial charge in [-0.1, -0.05) is 0 Å². The maximum Gasteiger partial charge on any atom is 0.247 e. The number of nitrogens with zero attached hydrogens (tertiary/aromatic N) is 4. The predicted molar refractivity (Wildman–Crippen MR) is 139 cm³/mol. The molecule has 0 atom stereocenters. The van der Waals surface area contributed by atoms with Crippen molar-refractivity contribution in [2.75, 3.05) is 31.6 Å². The Morgan fingerprint density at radius 2 is 1.89 bits per heavy atom. The Kier molecular flexibility index (Phi) is 7.47. The summed E-state index contributed by atoms with van der Waals surface area (Å²) in [4.78, 5) is 27.0. The van der Waals surface area contributed by atoms with Crippen LogP contribution < -0.4 is 14.8 Å². The van der Waals surface area contributed by atoms with E-state index in [1.54, 1.807) is 30.5 Å². The summed E-state index contributed by atoms with van der Waals surface area (Å²) in [7, 11) is 0. The van der Waals surface area contributed by atoms with Crippen LogP contribution in [-0.4, -0.2) is 57.4 Å². The number of likely N-dealkylation sites (N-methyl/N-ethyl adjacent to an activating group) is 1. The topological polar surface area (TPSA) is 90.6 Å². The van der Waals surface area contributed by atoms with Gasteiger partial charge in [0.1, 0.15) is 25.6 Å². The highest BCUT2D eigenvalue weighted by Gasteiger charge is 2.17. The lowest BCUT2D eigenvalue weighted by atomic mass is 10.2. The maximum absolute atomic E-state index is 12.9. The Bertz CT molecular complexity index is 1290. The zero-order chi connectivity index (χ0) is 25.8. The lowest BCUT2D eigenvalue weighted by Crippen LogP contribution is -2.36. The van der Waals surface area contributed by atoms with E-state index in [4.69, 9.17) is 9.47 Å². The fourth-order valence-electron chi connectivity index (χ4n) is 4.30. The minimum Gasteiger partial charge on any atom is -0.486 e. The molecule has 0 unspecified atom stereocenters. The van der Waals surface area contributed by atoms with Crippen LogP contribution in [0.3, 0.4) is 0 Å². The first kappa shape index (κ1) is 25.1. The van der Waals surface area contributed by atoms with E-state index >= 15 is 0 Å². The van der Waals surface area contributed by atoms with Gasteiger partial charge >= 0.3 is 0 Å². The van der Waals surface area contributed by atoms with E-state index in [0.717, 1.165) is 22.8 Å². The quantitative estimate of drug-likeness (QED) is 0.478. The number of nitrogens with one attached hydrogen (secondary N) is 1. The zero-order valence-corrected chi connectivity index (χ0v) is 21.4. The molecule has 3 aromatic rings. The fourth-order valence-corrected chi connectivity index (χ4v) is 4.30. The molecule has 9 nitrogen and oxygen atoms in total. The molecule has 36 heavy (non-hydrogen) atoms. The number of aryl methyl sites for hydroxylation is 1. The minimum atomic E-state index is -0.282. The molecule has 0 saturated heterocycles. The van der Waals surface area contributed by atoms with Gasteiger partial charge in [-0.3, -0.25) is 9.59 Å². The first-order valence-electron chi connectivity index (χ1n) is 12.2. The minimum absolute atomic E-state index is 0.0549. The highest BCUT2D eigenvalue weighted by atomic mass is 16.6. The van der Waals surface area contributed by atoms with Crippen LogP contribution in [0.1, 0.15) is 43.8 Å². The number of anilines is 1. The summed E-state index contributed by atoms with van der Waals surface area (Å²) < 4.78 is 15.2. The van der Waals surface area contributed by atoms with Crippen LogP contribution in [0.2, 0.25) is 0 Å². The van der Waals surface area contributed by atoms with Gasteiger partial charge < -0.3 is 24.3 Å². The molecule has 2 aromatic heterocycles. The SMILES string of the molecule is CCN(CC(=O)Nc1ccc2c(c1)OCCO2)C(=O)/C=C/c1cc(C)n(-c2ccnn2C(C)C)c1C. The Balaban J connectivity index is 1.43. The largest absolute Gasteiger partial charge is 0.486 e. The third-order valence-electron chi connectivity index (χ3n) is 6.10. The number of amides is 2. The van der Waals surface area contributed by atoms with Crippen LogP contribution in [0.5, 0.6) is 11.5 Å². The molecule has 4 rings (SSSR count). The van der Waals surface area contributed by atoms with Crippen molar-refractivity contribution in [1.82, 2.24) is 19.2 Å². The molecular weight excluding hydrogens is 458 g/mol. The van der Waals surface area contributed by atoms with Crippen LogP contribution in [-0.2, 0) is 9.59 Å². The summed E-state index contributed by atoms with van der Waals surface area (Å²) in [5.41, 5.74) is 3.59. The second-order valence-electron chi connectivity index (χ2n) is 8.98. The van der Waals surface area contributed by atoms with Gasteiger partial charge in [-0.15, -0.1) is 0 Å². The molecule has 190 valence electrons. The lowest BCUT2D eigenvalue weighted by Gasteiger charge is -2.20. The van der Waals surface area contributed by atoms with E-state index in [0.29, 0.717) is 36.9 Å². The van der Waals surface area contributed by atoms with Crippen molar-refractivity contribution in [3.63, 3.8) is 0 Å². The van der Waals surface area contributed by atoms with Gasteiger partial charge in [0, 0.05) is 47.9 Å². The number of hydrogen-bond acceptors (Lipinski definition) is 5. The number of fused-ring (bicyclic) bond motifs is 1. The molecule has 0 spiro atoms. The number of carbonyl (C=O) groups excluding carboxylic acids is 2. The summed E-state index contributed by atoms with van der Waals surface area (Å²) in [6.45, 7) is 11.4. The van der Waals surface area contributed by atoms with Gasteiger partial charge in [-0.05, 0) is 64.5 Å². The third kappa shape index (κ3) is 5.30. The molecular formula is C27H33N5O4. The lowest BCUT2D eigenvalue weighted by molar-refractivity contribution is -0.130. The summed E-state index contributed by atoms with van der Waals surface area (Å²) >= 11 is 0. The smallest absolute Gasteiger partial charge is 0.247 e. The van der Waals surface area contributed by atoms with Gasteiger partial charge in [0.05, 0.1) is 6.20 Å². The molecule has 9 heteroatoms. The van der Waals surface area contributed by atoms with Crippen LogP contribution in [0.25, 0.3) is 11.9 Å². The summed E-state index contributed by atoms with van der Waals surface area (Å²) in [6.07, 6.45) is 5.12. The van der Waals surface area contributed by atoms with Crippen molar-refractivity contribution < 1.29 is 19.1 Å². The van der Waals surface area contributed by atoms with Crippen molar-refractivity contribution in [1.29, 1.82) is 0 Å². The molecule has 1 aliphatic heterocycles. The molecule has 1 aromatic carbocycles.